The van der Waals surface area contributed by atoms with E-state index >= 15 is 0 Å². The molecule has 0 aliphatic heterocycles. The van der Waals surface area contributed by atoms with Crippen molar-refractivity contribution < 1.29 is 4.79 Å². The van der Waals surface area contributed by atoms with Crippen LogP contribution in [0.25, 0.3) is 0 Å². The monoisotopic (exact) mass is 234 g/mol. The van der Waals surface area contributed by atoms with Crippen molar-refractivity contribution in [1.82, 2.24) is 0 Å². The third kappa shape index (κ3) is 1.70. The van der Waals surface area contributed by atoms with Gasteiger partial charge < -0.3 is 0 Å². The Hall–Kier alpha value is -0.590. The van der Waals surface area contributed by atoms with Gasteiger partial charge in [0.2, 0.25) is 0 Å². The summed E-state index contributed by atoms with van der Waals surface area (Å²) in [7, 11) is 0. The molecule has 0 fully saturated rings. The van der Waals surface area contributed by atoms with Gasteiger partial charge in [-0.15, -0.1) is 0 Å². The maximum Gasteiger partial charge on any atom is 0.136 e. The molecule has 0 aromatic rings. The average molecular weight is 234 g/mol. The van der Waals surface area contributed by atoms with E-state index in [0.717, 1.165) is 0 Å². The number of carbonyl (C=O) groups excluding carboxylic acids is 1. The first-order valence-electron chi connectivity index (χ1n) is 7.13. The standard InChI is InChI=1S/C16H26O/c1-10-11(2)16(5,13(4)17)12(3)15-9-7-6-8-14(10)15/h10-12H,6-9H2,1-5H3. The number of Topliss-reactive ketones (excluding diaryl/α,β-unsaturated/α-hetero) is 1. The summed E-state index contributed by atoms with van der Waals surface area (Å²) >= 11 is 0. The maximum atomic E-state index is 12.1. The Morgan fingerprint density at radius 3 is 2.18 bits per heavy atom. The summed E-state index contributed by atoms with van der Waals surface area (Å²) in [6.07, 6.45) is 5.17. The summed E-state index contributed by atoms with van der Waals surface area (Å²) in [6.45, 7) is 10.9. The van der Waals surface area contributed by atoms with Crippen molar-refractivity contribution in [1.29, 1.82) is 0 Å². The number of rotatable bonds is 1. The smallest absolute Gasteiger partial charge is 0.136 e. The van der Waals surface area contributed by atoms with Crippen LogP contribution in [-0.2, 0) is 4.79 Å². The van der Waals surface area contributed by atoms with E-state index in [1.54, 1.807) is 18.1 Å². The van der Waals surface area contributed by atoms with Gasteiger partial charge in [-0.25, -0.2) is 0 Å². The summed E-state index contributed by atoms with van der Waals surface area (Å²) in [4.78, 5) is 12.1. The minimum absolute atomic E-state index is 0.143. The Balaban J connectivity index is 2.49. The molecule has 1 nitrogen and oxygen atoms in total. The zero-order chi connectivity index (χ0) is 12.8. The topological polar surface area (TPSA) is 17.1 Å². The molecule has 1 heteroatoms. The lowest BCUT2D eigenvalue weighted by atomic mass is 9.53. The molecule has 4 unspecified atom stereocenters. The zero-order valence-corrected chi connectivity index (χ0v) is 12.0. The molecule has 0 heterocycles. The Kier molecular flexibility index (Phi) is 3.22. The van der Waals surface area contributed by atoms with E-state index in [0.29, 0.717) is 23.5 Å². The third-order valence-electron chi connectivity index (χ3n) is 5.98. The normalized spacial score (nSPS) is 42.3. The Morgan fingerprint density at radius 1 is 1.12 bits per heavy atom. The van der Waals surface area contributed by atoms with Crippen molar-refractivity contribution in [3.8, 4) is 0 Å². The van der Waals surface area contributed by atoms with Gasteiger partial charge in [0.25, 0.3) is 0 Å². The van der Waals surface area contributed by atoms with Gasteiger partial charge in [0.1, 0.15) is 5.78 Å². The molecule has 0 saturated carbocycles. The molecule has 4 atom stereocenters. The number of allylic oxidation sites excluding steroid dienone is 2. The first-order valence-corrected chi connectivity index (χ1v) is 7.13. The van der Waals surface area contributed by atoms with Crippen LogP contribution in [0.15, 0.2) is 11.1 Å². The van der Waals surface area contributed by atoms with Crippen molar-refractivity contribution in [2.75, 3.05) is 0 Å². The van der Waals surface area contributed by atoms with Gasteiger partial charge in [0.15, 0.2) is 0 Å². The number of hydrogen-bond acceptors (Lipinski definition) is 1. The minimum atomic E-state index is -0.143. The van der Waals surface area contributed by atoms with Crippen LogP contribution >= 0.6 is 0 Å². The van der Waals surface area contributed by atoms with Gasteiger partial charge in [-0.05, 0) is 50.4 Å². The van der Waals surface area contributed by atoms with Crippen molar-refractivity contribution in [3.63, 3.8) is 0 Å². The molecule has 96 valence electrons. The second kappa shape index (κ2) is 4.26. The minimum Gasteiger partial charge on any atom is -0.299 e. The fourth-order valence-corrected chi connectivity index (χ4v) is 4.17. The van der Waals surface area contributed by atoms with Crippen LogP contribution in [-0.4, -0.2) is 5.78 Å². The molecule has 2 aliphatic carbocycles. The second-order valence-electron chi connectivity index (χ2n) is 6.40. The Labute approximate surface area is 106 Å². The summed E-state index contributed by atoms with van der Waals surface area (Å²) in [5, 5.41) is 0. The molecular weight excluding hydrogens is 208 g/mol. The highest BCUT2D eigenvalue weighted by Gasteiger charge is 2.49. The van der Waals surface area contributed by atoms with Gasteiger partial charge in [0, 0.05) is 5.41 Å². The predicted octanol–water partition coefficient (Wildman–Crippen LogP) is 4.37. The van der Waals surface area contributed by atoms with Crippen LogP contribution in [0, 0.1) is 23.2 Å². The van der Waals surface area contributed by atoms with Crippen molar-refractivity contribution in [2.45, 2.75) is 60.3 Å². The van der Waals surface area contributed by atoms with E-state index in [-0.39, 0.29) is 5.41 Å². The molecule has 2 rings (SSSR count). The van der Waals surface area contributed by atoms with E-state index in [1.165, 1.54) is 25.7 Å². The molecule has 0 aromatic carbocycles. The number of ketones is 1. The quantitative estimate of drug-likeness (QED) is 0.616. The molecule has 0 bridgehead atoms. The van der Waals surface area contributed by atoms with Gasteiger partial charge >= 0.3 is 0 Å². The van der Waals surface area contributed by atoms with Crippen LogP contribution in [0.2, 0.25) is 0 Å². The van der Waals surface area contributed by atoms with Gasteiger partial charge in [0.05, 0.1) is 0 Å². The average Bonchev–Trinajstić information content (AvgIpc) is 2.33. The van der Waals surface area contributed by atoms with Crippen LogP contribution in [0.5, 0.6) is 0 Å². The predicted molar refractivity (Wildman–Crippen MR) is 71.8 cm³/mol. The summed E-state index contributed by atoms with van der Waals surface area (Å²) in [6, 6.07) is 0. The van der Waals surface area contributed by atoms with Gasteiger partial charge in [-0.1, -0.05) is 38.8 Å². The fraction of sp³-hybridized carbons (Fsp3) is 0.812. The third-order valence-corrected chi connectivity index (χ3v) is 5.98. The summed E-state index contributed by atoms with van der Waals surface area (Å²) in [5.74, 6) is 1.89. The van der Waals surface area contributed by atoms with E-state index in [1.807, 2.05) is 0 Å². The first kappa shape index (κ1) is 12.9. The van der Waals surface area contributed by atoms with E-state index in [2.05, 4.69) is 27.7 Å². The summed E-state index contributed by atoms with van der Waals surface area (Å²) < 4.78 is 0. The molecule has 17 heavy (non-hydrogen) atoms. The molecule has 0 aromatic heterocycles. The molecule has 0 saturated heterocycles. The van der Waals surface area contributed by atoms with Crippen LogP contribution in [0.1, 0.15) is 60.3 Å². The SMILES string of the molecule is CC(=O)C1(C)C(C)C2=C(CCCC2)C(C)C1C. The van der Waals surface area contributed by atoms with Crippen LogP contribution in [0.4, 0.5) is 0 Å². The molecular formula is C16H26O. The summed E-state index contributed by atoms with van der Waals surface area (Å²) in [5.41, 5.74) is 3.17. The molecule has 0 N–H and O–H groups in total. The first-order chi connectivity index (χ1) is 7.90. The second-order valence-corrected chi connectivity index (χ2v) is 6.40. The lowest BCUT2D eigenvalue weighted by Gasteiger charge is -2.50. The number of carbonyl (C=O) groups is 1. The van der Waals surface area contributed by atoms with Crippen molar-refractivity contribution in [3.05, 3.63) is 11.1 Å². The van der Waals surface area contributed by atoms with Crippen molar-refractivity contribution in [2.24, 2.45) is 23.2 Å². The molecule has 0 radical (unpaired) electrons. The highest BCUT2D eigenvalue weighted by Crippen LogP contribution is 2.54. The van der Waals surface area contributed by atoms with Crippen LogP contribution in [0.3, 0.4) is 0 Å². The highest BCUT2D eigenvalue weighted by molar-refractivity contribution is 5.83. The Bertz CT molecular complexity index is 366. The molecule has 0 spiro atoms. The van der Waals surface area contributed by atoms with E-state index < -0.39 is 0 Å². The lowest BCUT2D eigenvalue weighted by Crippen LogP contribution is -2.47. The van der Waals surface area contributed by atoms with Gasteiger partial charge in [-0.3, -0.25) is 4.79 Å². The van der Waals surface area contributed by atoms with Crippen LogP contribution < -0.4 is 0 Å². The number of hydrogen-bond donors (Lipinski definition) is 0. The van der Waals surface area contributed by atoms with Crippen molar-refractivity contribution >= 4 is 5.78 Å². The zero-order valence-electron chi connectivity index (χ0n) is 12.0. The maximum absolute atomic E-state index is 12.1. The molecule has 0 amide bonds. The highest BCUT2D eigenvalue weighted by atomic mass is 16.1. The Morgan fingerprint density at radius 2 is 1.65 bits per heavy atom. The fourth-order valence-electron chi connectivity index (χ4n) is 4.17. The van der Waals surface area contributed by atoms with E-state index in [9.17, 15) is 4.79 Å². The largest absolute Gasteiger partial charge is 0.299 e. The molecule has 2 aliphatic rings. The lowest BCUT2D eigenvalue weighted by molar-refractivity contribution is -0.132. The van der Waals surface area contributed by atoms with Gasteiger partial charge in [-0.2, -0.15) is 0 Å². The van der Waals surface area contributed by atoms with E-state index in [4.69, 9.17) is 0 Å².